The molecular formula is C13H22N2O4S2. The monoisotopic (exact) mass is 334 g/mol. The number of carbonyl (C=O) groups is 4. The Bertz CT molecular complexity index is 420. The fraction of sp³-hybridized carbons (Fsp3) is 0.538. The first-order chi connectivity index (χ1) is 9.38. The van der Waals surface area contributed by atoms with E-state index >= 15 is 0 Å². The molecular weight excluding hydrogens is 312 g/mol. The molecule has 0 aromatic carbocycles. The highest BCUT2D eigenvalue weighted by Crippen LogP contribution is 2.21. The number of hydrogen-bond donors (Lipinski definition) is 1. The van der Waals surface area contributed by atoms with Crippen LogP contribution in [0.2, 0.25) is 0 Å². The minimum atomic E-state index is -0.241. The van der Waals surface area contributed by atoms with Crippen LogP contribution in [-0.4, -0.2) is 65.3 Å². The van der Waals surface area contributed by atoms with Crippen LogP contribution in [0.1, 0.15) is 13.8 Å². The number of rotatable bonds is 1. The average molecular weight is 334 g/mol. The molecule has 2 rings (SSSR count). The van der Waals surface area contributed by atoms with Crippen LogP contribution in [0.5, 0.6) is 0 Å². The van der Waals surface area contributed by atoms with Crippen molar-refractivity contribution in [1.29, 1.82) is 0 Å². The van der Waals surface area contributed by atoms with Crippen LogP contribution >= 0.6 is 24.4 Å². The Kier molecular flexibility index (Phi) is 10.9. The highest BCUT2D eigenvalue weighted by molar-refractivity contribution is 8.00. The van der Waals surface area contributed by atoms with Gasteiger partial charge in [0.1, 0.15) is 0 Å². The Morgan fingerprint density at radius 3 is 1.62 bits per heavy atom. The van der Waals surface area contributed by atoms with Crippen molar-refractivity contribution in [3.8, 4) is 0 Å². The van der Waals surface area contributed by atoms with Gasteiger partial charge in [-0.1, -0.05) is 7.43 Å². The summed E-state index contributed by atoms with van der Waals surface area (Å²) in [6.45, 7) is 0. The number of hydrogen-bond acceptors (Lipinski definition) is 6. The Morgan fingerprint density at radius 1 is 1.05 bits per heavy atom. The zero-order valence-corrected chi connectivity index (χ0v) is 13.5. The molecule has 0 bridgehead atoms. The number of likely N-dealkylation sites (tertiary alicyclic amines) is 1. The molecule has 1 fully saturated rings. The van der Waals surface area contributed by atoms with E-state index in [1.165, 1.54) is 42.9 Å². The first kappa shape index (κ1) is 22.0. The SMILES string of the molecule is C.CN1C(=O)C=CC1=O.CS.CSC1CC(=O)N(C)C1=O. The van der Waals surface area contributed by atoms with E-state index in [0.29, 0.717) is 6.42 Å². The van der Waals surface area contributed by atoms with Gasteiger partial charge in [-0.15, -0.1) is 0 Å². The normalized spacial score (nSPS) is 19.8. The molecule has 0 aromatic rings. The molecule has 0 radical (unpaired) electrons. The van der Waals surface area contributed by atoms with E-state index in [1.807, 2.05) is 6.26 Å². The van der Waals surface area contributed by atoms with Gasteiger partial charge in [0.15, 0.2) is 0 Å². The van der Waals surface area contributed by atoms with E-state index in [4.69, 9.17) is 0 Å². The van der Waals surface area contributed by atoms with Crippen LogP contribution in [-0.2, 0) is 19.2 Å². The number of carbonyl (C=O) groups excluding carboxylic acids is 4. The highest BCUT2D eigenvalue weighted by Gasteiger charge is 2.34. The molecule has 1 atom stereocenters. The average Bonchev–Trinajstić information content (AvgIpc) is 2.89. The summed E-state index contributed by atoms with van der Waals surface area (Å²) in [5.41, 5.74) is 0. The van der Waals surface area contributed by atoms with E-state index < -0.39 is 0 Å². The van der Waals surface area contributed by atoms with Crippen LogP contribution in [0.15, 0.2) is 12.2 Å². The second-order valence-electron chi connectivity index (χ2n) is 3.79. The van der Waals surface area contributed by atoms with Gasteiger partial charge in [-0.25, -0.2) is 0 Å². The lowest BCUT2D eigenvalue weighted by Crippen LogP contribution is -2.26. The summed E-state index contributed by atoms with van der Waals surface area (Å²) in [7, 11) is 2.98. The maximum absolute atomic E-state index is 11.0. The number of thiol groups is 1. The van der Waals surface area contributed by atoms with Gasteiger partial charge in [0.05, 0.1) is 5.25 Å². The smallest absolute Gasteiger partial charge is 0.253 e. The summed E-state index contributed by atoms with van der Waals surface area (Å²) in [6.07, 6.45) is 6.41. The van der Waals surface area contributed by atoms with Crippen molar-refractivity contribution in [2.24, 2.45) is 0 Å². The quantitative estimate of drug-likeness (QED) is 0.568. The molecule has 21 heavy (non-hydrogen) atoms. The summed E-state index contributed by atoms with van der Waals surface area (Å²) in [4.78, 5) is 44.9. The molecule has 2 aliphatic rings. The molecule has 8 heteroatoms. The van der Waals surface area contributed by atoms with E-state index in [1.54, 1.807) is 6.26 Å². The minimum absolute atomic E-state index is 0. The maximum Gasteiger partial charge on any atom is 0.253 e. The third-order valence-corrected chi connectivity index (χ3v) is 3.59. The summed E-state index contributed by atoms with van der Waals surface area (Å²) in [5, 5.41) is -0.127. The van der Waals surface area contributed by atoms with Gasteiger partial charge in [-0.05, 0) is 12.5 Å². The number of likely N-dealkylation sites (N-methyl/N-ethyl adjacent to an activating group) is 1. The van der Waals surface area contributed by atoms with Gasteiger partial charge in [-0.2, -0.15) is 24.4 Å². The van der Waals surface area contributed by atoms with E-state index in [9.17, 15) is 19.2 Å². The second-order valence-corrected chi connectivity index (χ2v) is 4.83. The van der Waals surface area contributed by atoms with E-state index in [0.717, 1.165) is 4.90 Å². The van der Waals surface area contributed by atoms with Gasteiger partial charge in [0, 0.05) is 32.7 Å². The van der Waals surface area contributed by atoms with Crippen LogP contribution in [0.4, 0.5) is 0 Å². The fourth-order valence-electron chi connectivity index (χ4n) is 1.38. The predicted molar refractivity (Wildman–Crippen MR) is 88.3 cm³/mol. The number of imide groups is 2. The molecule has 2 aliphatic heterocycles. The van der Waals surface area contributed by atoms with Gasteiger partial charge >= 0.3 is 0 Å². The first-order valence-electron chi connectivity index (χ1n) is 5.66. The van der Waals surface area contributed by atoms with E-state index in [-0.39, 0.29) is 36.3 Å². The molecule has 0 N–H and O–H groups in total. The highest BCUT2D eigenvalue weighted by atomic mass is 32.2. The lowest BCUT2D eigenvalue weighted by Gasteiger charge is -2.04. The Labute approximate surface area is 135 Å². The molecule has 0 spiro atoms. The van der Waals surface area contributed by atoms with E-state index in [2.05, 4.69) is 12.6 Å². The molecule has 6 nitrogen and oxygen atoms in total. The third-order valence-electron chi connectivity index (χ3n) is 2.65. The zero-order valence-electron chi connectivity index (χ0n) is 11.8. The van der Waals surface area contributed by atoms with Gasteiger partial charge < -0.3 is 0 Å². The van der Waals surface area contributed by atoms with Gasteiger partial charge in [0.2, 0.25) is 11.8 Å². The standard InChI is InChI=1S/C6H9NO2S.C5H5NO2.CH4S.CH4/c1-7-5(8)3-4(10-2)6(7)9;1-6-4(7)2-3-5(6)8;1-2;/h4H,3H2,1-2H3;2-3H,1H3;2H,1H3;1H4. The first-order valence-corrected chi connectivity index (χ1v) is 7.84. The molecule has 1 unspecified atom stereocenters. The van der Waals surface area contributed by atoms with Crippen LogP contribution in [0.25, 0.3) is 0 Å². The van der Waals surface area contributed by atoms with Gasteiger partial charge in [-0.3, -0.25) is 29.0 Å². The largest absolute Gasteiger partial charge is 0.285 e. The zero-order chi connectivity index (χ0) is 15.9. The minimum Gasteiger partial charge on any atom is -0.285 e. The lowest BCUT2D eigenvalue weighted by molar-refractivity contribution is -0.137. The fourth-order valence-corrected chi connectivity index (χ4v) is 2.05. The third kappa shape index (κ3) is 5.92. The molecule has 0 aromatic heterocycles. The van der Waals surface area contributed by atoms with Crippen molar-refractivity contribution < 1.29 is 19.2 Å². The molecule has 0 saturated carbocycles. The number of thioether (sulfide) groups is 1. The summed E-state index contributed by atoms with van der Waals surface area (Å²) in [6, 6.07) is 0. The topological polar surface area (TPSA) is 74.8 Å². The molecule has 2 heterocycles. The summed E-state index contributed by atoms with van der Waals surface area (Å²) in [5.74, 6) is -0.605. The van der Waals surface area contributed by atoms with Crippen LogP contribution in [0, 0.1) is 0 Å². The van der Waals surface area contributed by atoms with Crippen molar-refractivity contribution >= 4 is 48.0 Å². The number of amides is 4. The Hall–Kier alpha value is -1.28. The van der Waals surface area contributed by atoms with Gasteiger partial charge in [0.25, 0.3) is 11.8 Å². The predicted octanol–water partition coefficient (Wildman–Crippen LogP) is 0.830. The van der Waals surface area contributed by atoms with Crippen molar-refractivity contribution in [3.05, 3.63) is 12.2 Å². The van der Waals surface area contributed by atoms with Crippen molar-refractivity contribution in [2.75, 3.05) is 26.6 Å². The molecule has 0 aliphatic carbocycles. The van der Waals surface area contributed by atoms with Crippen molar-refractivity contribution in [1.82, 2.24) is 9.80 Å². The molecule has 1 saturated heterocycles. The van der Waals surface area contributed by atoms with Crippen LogP contribution < -0.4 is 0 Å². The Morgan fingerprint density at radius 2 is 1.48 bits per heavy atom. The lowest BCUT2D eigenvalue weighted by atomic mass is 10.4. The Balaban J connectivity index is 0. The molecule has 4 amide bonds. The number of nitrogens with zero attached hydrogens (tertiary/aromatic N) is 2. The van der Waals surface area contributed by atoms with Crippen molar-refractivity contribution in [3.63, 3.8) is 0 Å². The van der Waals surface area contributed by atoms with Crippen molar-refractivity contribution in [2.45, 2.75) is 19.1 Å². The van der Waals surface area contributed by atoms with Crippen LogP contribution in [0.3, 0.4) is 0 Å². The summed E-state index contributed by atoms with van der Waals surface area (Å²) < 4.78 is 0. The maximum atomic E-state index is 11.0. The second kappa shape index (κ2) is 10.4. The summed E-state index contributed by atoms with van der Waals surface area (Å²) >= 11 is 4.96. The molecule has 120 valence electrons.